The van der Waals surface area contributed by atoms with Gasteiger partial charge in [0, 0.05) is 30.1 Å². The van der Waals surface area contributed by atoms with Crippen LogP contribution in [-0.4, -0.2) is 49.4 Å². The maximum Gasteiger partial charge on any atom is 0.344 e. The Hall–Kier alpha value is -2.80. The molecular formula is C23H29NO6. The van der Waals surface area contributed by atoms with Crippen LogP contribution in [0.3, 0.4) is 0 Å². The topological polar surface area (TPSA) is 76.0 Å². The number of hydrogen-bond donors (Lipinski definition) is 0. The first kappa shape index (κ1) is 21.9. The van der Waals surface area contributed by atoms with E-state index >= 15 is 0 Å². The Balaban J connectivity index is 1.53. The van der Waals surface area contributed by atoms with Gasteiger partial charge in [-0.1, -0.05) is 6.07 Å². The highest BCUT2D eigenvalue weighted by Gasteiger charge is 2.21. The second-order valence-electron chi connectivity index (χ2n) is 7.56. The van der Waals surface area contributed by atoms with Crippen molar-refractivity contribution in [1.82, 2.24) is 4.57 Å². The summed E-state index contributed by atoms with van der Waals surface area (Å²) in [6.07, 6.45) is 2.29. The van der Waals surface area contributed by atoms with Crippen molar-refractivity contribution in [2.45, 2.75) is 46.3 Å². The van der Waals surface area contributed by atoms with Crippen LogP contribution in [0.4, 0.5) is 0 Å². The van der Waals surface area contributed by atoms with E-state index < -0.39 is 5.97 Å². The summed E-state index contributed by atoms with van der Waals surface area (Å²) in [4.78, 5) is 24.6. The Labute approximate surface area is 176 Å². The van der Waals surface area contributed by atoms with Crippen LogP contribution in [0.25, 0.3) is 0 Å². The predicted molar refractivity (Wildman–Crippen MR) is 111 cm³/mol. The smallest absolute Gasteiger partial charge is 0.344 e. The molecule has 0 amide bonds. The molecule has 0 saturated carbocycles. The quantitative estimate of drug-likeness (QED) is 0.462. The van der Waals surface area contributed by atoms with Gasteiger partial charge in [0.2, 0.25) is 5.78 Å². The normalized spacial score (nSPS) is 15.8. The first-order valence-electron chi connectivity index (χ1n) is 10.1. The van der Waals surface area contributed by atoms with Gasteiger partial charge in [0.25, 0.3) is 0 Å². The summed E-state index contributed by atoms with van der Waals surface area (Å²) in [6.45, 7) is 6.71. The van der Waals surface area contributed by atoms with Gasteiger partial charge in [0.05, 0.1) is 13.2 Å². The third-order valence-corrected chi connectivity index (χ3v) is 5.31. The van der Waals surface area contributed by atoms with E-state index in [2.05, 4.69) is 4.57 Å². The largest absolute Gasteiger partial charge is 0.493 e. The summed E-state index contributed by atoms with van der Waals surface area (Å²) in [7, 11) is 1.54. The highest BCUT2D eigenvalue weighted by atomic mass is 16.6. The molecule has 1 aromatic carbocycles. The number of carbonyl (C=O) groups excluding carboxylic acids is 2. The lowest BCUT2D eigenvalue weighted by Gasteiger charge is -2.14. The molecule has 0 bridgehead atoms. The Bertz CT molecular complexity index is 911. The number of Topliss-reactive ketones (excluding diaryl/α,β-unsaturated/α-hetero) is 1. The zero-order valence-electron chi connectivity index (χ0n) is 18.0. The van der Waals surface area contributed by atoms with Crippen LogP contribution in [0, 0.1) is 20.8 Å². The van der Waals surface area contributed by atoms with Gasteiger partial charge in [-0.2, -0.15) is 0 Å². The van der Waals surface area contributed by atoms with Crippen LogP contribution in [0.2, 0.25) is 0 Å². The highest BCUT2D eigenvalue weighted by molar-refractivity contribution is 5.99. The van der Waals surface area contributed by atoms with Gasteiger partial charge in [-0.05, 0) is 57.4 Å². The predicted octanol–water partition coefficient (Wildman–Crippen LogP) is 3.41. The fourth-order valence-electron chi connectivity index (χ4n) is 3.65. The number of methoxy groups -OCH3 is 1. The molecule has 0 spiro atoms. The molecule has 1 aliphatic rings. The summed E-state index contributed by atoms with van der Waals surface area (Å²) in [6, 6.07) is 7.25. The number of ether oxygens (including phenoxy) is 4. The second-order valence-corrected chi connectivity index (χ2v) is 7.56. The fraction of sp³-hybridized carbons (Fsp3) is 0.478. The van der Waals surface area contributed by atoms with E-state index in [1.165, 1.54) is 7.11 Å². The molecule has 7 nitrogen and oxygen atoms in total. The average Bonchev–Trinajstić information content (AvgIpc) is 3.34. The first-order valence-corrected chi connectivity index (χ1v) is 10.1. The number of aryl methyl sites for hydroxylation is 2. The Kier molecular flexibility index (Phi) is 7.15. The summed E-state index contributed by atoms with van der Waals surface area (Å²) in [5.74, 6) is 0.142. The van der Waals surface area contributed by atoms with Gasteiger partial charge in [0.15, 0.2) is 24.7 Å². The van der Waals surface area contributed by atoms with Crippen molar-refractivity contribution in [2.75, 3.05) is 26.9 Å². The molecule has 0 N–H and O–H groups in total. The second kappa shape index (κ2) is 9.80. The van der Waals surface area contributed by atoms with Gasteiger partial charge in [-0.15, -0.1) is 0 Å². The van der Waals surface area contributed by atoms with Gasteiger partial charge >= 0.3 is 5.97 Å². The molecule has 1 atom stereocenters. The molecule has 0 aliphatic carbocycles. The van der Waals surface area contributed by atoms with E-state index in [1.807, 2.05) is 39.0 Å². The molecular weight excluding hydrogens is 386 g/mol. The van der Waals surface area contributed by atoms with E-state index in [0.717, 1.165) is 42.9 Å². The van der Waals surface area contributed by atoms with Crippen molar-refractivity contribution in [3.8, 4) is 11.5 Å². The molecule has 3 rings (SSSR count). The number of rotatable bonds is 9. The van der Waals surface area contributed by atoms with Crippen LogP contribution in [0.15, 0.2) is 24.3 Å². The van der Waals surface area contributed by atoms with E-state index in [1.54, 1.807) is 6.07 Å². The molecule has 0 radical (unpaired) electrons. The van der Waals surface area contributed by atoms with Crippen molar-refractivity contribution in [2.24, 2.45) is 0 Å². The SMILES string of the molecule is COc1cc(C)ccc1OCC(=O)OCC(=O)c1cc(C)n(C[C@@H]2CCCO2)c1C. The van der Waals surface area contributed by atoms with Crippen molar-refractivity contribution < 1.29 is 28.5 Å². The molecule has 1 aromatic heterocycles. The van der Waals surface area contributed by atoms with Crippen LogP contribution >= 0.6 is 0 Å². The molecule has 30 heavy (non-hydrogen) atoms. The van der Waals surface area contributed by atoms with Crippen molar-refractivity contribution >= 4 is 11.8 Å². The lowest BCUT2D eigenvalue weighted by Crippen LogP contribution is -2.20. The Morgan fingerprint density at radius 1 is 1.13 bits per heavy atom. The summed E-state index contributed by atoms with van der Waals surface area (Å²) >= 11 is 0. The molecule has 1 fully saturated rings. The Morgan fingerprint density at radius 3 is 2.63 bits per heavy atom. The van der Waals surface area contributed by atoms with E-state index in [9.17, 15) is 9.59 Å². The minimum absolute atomic E-state index is 0.187. The number of hydrogen-bond acceptors (Lipinski definition) is 6. The minimum atomic E-state index is -0.612. The van der Waals surface area contributed by atoms with Gasteiger partial charge in [0.1, 0.15) is 0 Å². The van der Waals surface area contributed by atoms with Crippen LogP contribution in [0.5, 0.6) is 11.5 Å². The standard InChI is InChI=1S/C23H29NO6/c1-15-7-8-21(22(10-15)27-4)29-14-23(26)30-13-20(25)19-11-16(2)24(17(19)3)12-18-6-5-9-28-18/h7-8,10-11,18H,5-6,9,12-14H2,1-4H3/t18-/m0/s1. The lowest BCUT2D eigenvalue weighted by atomic mass is 10.1. The lowest BCUT2D eigenvalue weighted by molar-refractivity contribution is -0.144. The number of aromatic nitrogens is 1. The molecule has 0 unspecified atom stereocenters. The van der Waals surface area contributed by atoms with Crippen molar-refractivity contribution in [3.63, 3.8) is 0 Å². The summed E-state index contributed by atoms with van der Waals surface area (Å²) in [5, 5.41) is 0. The van der Waals surface area contributed by atoms with Gasteiger partial charge < -0.3 is 23.5 Å². The van der Waals surface area contributed by atoms with Crippen LogP contribution in [-0.2, 0) is 20.8 Å². The van der Waals surface area contributed by atoms with Crippen LogP contribution < -0.4 is 9.47 Å². The average molecular weight is 415 g/mol. The first-order chi connectivity index (χ1) is 14.4. The van der Waals surface area contributed by atoms with Gasteiger partial charge in [-0.3, -0.25) is 4.79 Å². The monoisotopic (exact) mass is 415 g/mol. The third kappa shape index (κ3) is 5.21. The highest BCUT2D eigenvalue weighted by Crippen LogP contribution is 2.27. The molecule has 2 heterocycles. The van der Waals surface area contributed by atoms with Crippen LogP contribution in [0.1, 0.15) is 40.2 Å². The number of esters is 1. The molecule has 7 heteroatoms. The summed E-state index contributed by atoms with van der Waals surface area (Å²) < 4.78 is 23.6. The Morgan fingerprint density at radius 2 is 1.93 bits per heavy atom. The van der Waals surface area contributed by atoms with E-state index in [0.29, 0.717) is 17.1 Å². The maximum absolute atomic E-state index is 12.6. The number of carbonyl (C=O) groups is 2. The number of nitrogens with zero attached hydrogens (tertiary/aromatic N) is 1. The van der Waals surface area contributed by atoms with E-state index in [4.69, 9.17) is 18.9 Å². The molecule has 2 aromatic rings. The zero-order valence-corrected chi connectivity index (χ0v) is 18.0. The third-order valence-electron chi connectivity index (χ3n) is 5.31. The van der Waals surface area contributed by atoms with Crippen molar-refractivity contribution in [3.05, 3.63) is 46.8 Å². The fourth-order valence-corrected chi connectivity index (χ4v) is 3.65. The maximum atomic E-state index is 12.6. The number of ketones is 1. The number of benzene rings is 1. The van der Waals surface area contributed by atoms with Crippen molar-refractivity contribution in [1.29, 1.82) is 0 Å². The zero-order chi connectivity index (χ0) is 21.7. The van der Waals surface area contributed by atoms with E-state index in [-0.39, 0.29) is 25.1 Å². The van der Waals surface area contributed by atoms with Gasteiger partial charge in [-0.25, -0.2) is 4.79 Å². The molecule has 1 aliphatic heterocycles. The molecule has 1 saturated heterocycles. The minimum Gasteiger partial charge on any atom is -0.493 e. The summed E-state index contributed by atoms with van der Waals surface area (Å²) in [5.41, 5.74) is 3.45. The molecule has 162 valence electrons.